The van der Waals surface area contributed by atoms with Gasteiger partial charge in [-0.1, -0.05) is 160 Å². The molecule has 0 fully saturated rings. The van der Waals surface area contributed by atoms with Gasteiger partial charge in [0.15, 0.2) is 7.28 Å². The molecule has 11 aromatic rings. The number of thiophene rings is 2. The lowest BCUT2D eigenvalue weighted by Gasteiger charge is -2.29. The van der Waals surface area contributed by atoms with Crippen molar-refractivity contribution in [1.82, 2.24) is 4.57 Å². The number of nitrogens with one attached hydrogen (secondary N) is 1. The van der Waals surface area contributed by atoms with Crippen molar-refractivity contribution in [2.24, 2.45) is 0 Å². The topological polar surface area (TPSA) is 17.0 Å². The lowest BCUT2D eigenvalue weighted by molar-refractivity contribution is 0.590. The Kier molecular flexibility index (Phi) is 8.64. The Bertz CT molecular complexity index is 3980. The average molecular weight is 916 g/mol. The van der Waals surface area contributed by atoms with Gasteiger partial charge in [-0.3, -0.25) is 0 Å². The molecule has 0 saturated carbocycles. The number of nitrogens with zero attached hydrogens (tertiary/aromatic N) is 1. The van der Waals surface area contributed by atoms with Gasteiger partial charge in [0.05, 0.1) is 5.52 Å². The molecule has 1 aliphatic heterocycles. The summed E-state index contributed by atoms with van der Waals surface area (Å²) in [6.45, 7) is 25.8. The van der Waals surface area contributed by atoms with Crippen LogP contribution < -0.4 is 16.2 Å². The van der Waals surface area contributed by atoms with Crippen LogP contribution in [0.1, 0.15) is 104 Å². The maximum absolute atomic E-state index is 4.09. The van der Waals surface area contributed by atoms with Gasteiger partial charge >= 0.3 is 0 Å². The van der Waals surface area contributed by atoms with Gasteiger partial charge in [-0.05, 0) is 126 Å². The third-order valence-electron chi connectivity index (χ3n) is 15.4. The van der Waals surface area contributed by atoms with Crippen LogP contribution in [0.3, 0.4) is 0 Å². The standard InChI is InChI=1S/C63H56BN2S2/c1-60(2,3)34-20-24-37(25-21-34)65-47-32-52-41(39-26-22-36(62(7,8)9)29-51(39)68-52)30-43(47)55-54-40-17-12-14-18-45(40)63(10,11)57(54)56-44-28-35(61(4,5)6)23-27-48(44)66-49-33-53-42(31-46(49)64-58(55)59(56)66)38-16-13-15-19-50(38)67-53/h12-33,65H,1-11H3. The predicted molar refractivity (Wildman–Crippen MR) is 300 cm³/mol. The first-order valence-electron chi connectivity index (χ1n) is 24.3. The van der Waals surface area contributed by atoms with Crippen LogP contribution in [0.2, 0.25) is 0 Å². The fourth-order valence-electron chi connectivity index (χ4n) is 11.8. The molecule has 1 aliphatic carbocycles. The Balaban J connectivity index is 1.20. The van der Waals surface area contributed by atoms with E-state index in [-0.39, 0.29) is 21.7 Å². The van der Waals surface area contributed by atoms with E-state index in [9.17, 15) is 0 Å². The van der Waals surface area contributed by atoms with Crippen molar-refractivity contribution in [1.29, 1.82) is 0 Å². The molecule has 0 spiro atoms. The summed E-state index contributed by atoms with van der Waals surface area (Å²) in [5.74, 6) is 0. The van der Waals surface area contributed by atoms with Crippen LogP contribution in [0, 0.1) is 0 Å². The van der Waals surface area contributed by atoms with E-state index in [2.05, 4.69) is 227 Å². The summed E-state index contributed by atoms with van der Waals surface area (Å²) in [5, 5.41) is 12.1. The van der Waals surface area contributed by atoms with E-state index < -0.39 is 0 Å². The van der Waals surface area contributed by atoms with Gasteiger partial charge in [-0.2, -0.15) is 0 Å². The van der Waals surface area contributed by atoms with Crippen molar-refractivity contribution < 1.29 is 0 Å². The lowest BCUT2D eigenvalue weighted by Crippen LogP contribution is -2.38. The van der Waals surface area contributed by atoms with E-state index >= 15 is 0 Å². The molecule has 2 nitrogen and oxygen atoms in total. The van der Waals surface area contributed by atoms with E-state index in [4.69, 9.17) is 0 Å². The first-order chi connectivity index (χ1) is 32.3. The number of rotatable bonds is 3. The number of hydrogen-bond acceptors (Lipinski definition) is 3. The molecule has 1 radical (unpaired) electrons. The molecular formula is C63H56BN2S2. The molecule has 13 rings (SSSR count). The molecule has 4 heterocycles. The van der Waals surface area contributed by atoms with Gasteiger partial charge in [-0.15, -0.1) is 22.7 Å². The van der Waals surface area contributed by atoms with Crippen molar-refractivity contribution in [2.45, 2.75) is 97.8 Å². The first-order valence-corrected chi connectivity index (χ1v) is 26.0. The minimum absolute atomic E-state index is 0.0154. The third-order valence-corrected chi connectivity index (χ3v) is 17.7. The van der Waals surface area contributed by atoms with Gasteiger partial charge in [0.2, 0.25) is 0 Å². The van der Waals surface area contributed by atoms with E-state index in [1.54, 1.807) is 0 Å². The highest BCUT2D eigenvalue weighted by atomic mass is 32.1. The molecular weight excluding hydrogens is 860 g/mol. The summed E-state index contributed by atoms with van der Waals surface area (Å²) >= 11 is 3.82. The predicted octanol–water partition coefficient (Wildman–Crippen LogP) is 17.1. The maximum Gasteiger partial charge on any atom is 0.197 e. The van der Waals surface area contributed by atoms with E-state index in [0.717, 1.165) is 11.4 Å². The highest BCUT2D eigenvalue weighted by molar-refractivity contribution is 7.26. The van der Waals surface area contributed by atoms with E-state index in [1.807, 2.05) is 22.7 Å². The van der Waals surface area contributed by atoms with Gasteiger partial charge in [-0.25, -0.2) is 0 Å². The minimum atomic E-state index is -0.273. The molecule has 68 heavy (non-hydrogen) atoms. The summed E-state index contributed by atoms with van der Waals surface area (Å²) in [5.41, 5.74) is 20.5. The number of aromatic nitrogens is 1. The smallest absolute Gasteiger partial charge is 0.197 e. The Hall–Kier alpha value is -6.14. The highest BCUT2D eigenvalue weighted by Crippen LogP contribution is 2.58. The Morgan fingerprint density at radius 3 is 1.90 bits per heavy atom. The molecule has 333 valence electrons. The summed E-state index contributed by atoms with van der Waals surface area (Å²) in [6, 6.07) is 51.8. The fraction of sp³-hybridized carbons (Fsp3) is 0.238. The SMILES string of the molecule is CC(C)(C)c1ccc(Nc2cc3sc4cc(C(C)(C)C)ccc4c3cc2-c2c3c(c4c5cc(C(C)(C)C)ccc5n5c4c2[B]c2cc4c(cc2-5)sc2ccccc24)C(C)(C)c2ccccc2-3)cc1. The summed E-state index contributed by atoms with van der Waals surface area (Å²) in [4.78, 5) is 0. The molecule has 0 atom stereocenters. The lowest BCUT2D eigenvalue weighted by atomic mass is 9.57. The van der Waals surface area contributed by atoms with Crippen LogP contribution in [-0.4, -0.2) is 11.8 Å². The van der Waals surface area contributed by atoms with Crippen LogP contribution >= 0.6 is 22.7 Å². The maximum atomic E-state index is 4.09. The molecule has 0 bridgehead atoms. The second-order valence-electron chi connectivity index (χ2n) is 23.3. The molecule has 8 aromatic carbocycles. The normalized spacial score (nSPS) is 14.3. The first kappa shape index (κ1) is 42.0. The second kappa shape index (κ2) is 14.0. The number of benzene rings is 8. The van der Waals surface area contributed by atoms with Gasteiger partial charge < -0.3 is 9.88 Å². The number of anilines is 2. The molecule has 3 aromatic heterocycles. The van der Waals surface area contributed by atoms with Crippen molar-refractivity contribution in [3.05, 3.63) is 161 Å². The zero-order valence-electron chi connectivity index (χ0n) is 41.0. The average Bonchev–Trinajstić information content (AvgIpc) is 4.01. The third kappa shape index (κ3) is 6.00. The summed E-state index contributed by atoms with van der Waals surface area (Å²) in [7, 11) is 2.56. The molecule has 2 aliphatic rings. The monoisotopic (exact) mass is 915 g/mol. The molecule has 0 unspecified atom stereocenters. The van der Waals surface area contributed by atoms with E-state index in [0.29, 0.717) is 0 Å². The van der Waals surface area contributed by atoms with Gasteiger partial charge in [0.25, 0.3) is 0 Å². The van der Waals surface area contributed by atoms with Crippen LogP contribution in [0.4, 0.5) is 11.4 Å². The quantitative estimate of drug-likeness (QED) is 0.175. The zero-order valence-corrected chi connectivity index (χ0v) is 42.7. The number of hydrogen-bond donors (Lipinski definition) is 1. The van der Waals surface area contributed by atoms with Gasteiger partial charge in [0.1, 0.15) is 0 Å². The zero-order chi connectivity index (χ0) is 47.0. The second-order valence-corrected chi connectivity index (χ2v) is 25.5. The van der Waals surface area contributed by atoms with Crippen LogP contribution in [0.5, 0.6) is 0 Å². The Morgan fingerprint density at radius 2 is 1.13 bits per heavy atom. The number of fused-ring (bicyclic) bond motifs is 15. The summed E-state index contributed by atoms with van der Waals surface area (Å²) < 4.78 is 7.93. The molecule has 1 N–H and O–H groups in total. The van der Waals surface area contributed by atoms with Crippen molar-refractivity contribution in [3.63, 3.8) is 0 Å². The largest absolute Gasteiger partial charge is 0.355 e. The van der Waals surface area contributed by atoms with Gasteiger partial charge in [0, 0.05) is 79.3 Å². The van der Waals surface area contributed by atoms with Crippen molar-refractivity contribution in [3.8, 4) is 27.9 Å². The summed E-state index contributed by atoms with van der Waals surface area (Å²) in [6.07, 6.45) is 0. The molecule has 0 saturated heterocycles. The minimum Gasteiger partial charge on any atom is -0.355 e. The van der Waals surface area contributed by atoms with E-state index in [1.165, 1.54) is 129 Å². The Morgan fingerprint density at radius 1 is 0.515 bits per heavy atom. The van der Waals surface area contributed by atoms with Crippen molar-refractivity contribution >= 4 is 114 Å². The van der Waals surface area contributed by atoms with Crippen LogP contribution in [0.25, 0.3) is 90.1 Å². The highest BCUT2D eigenvalue weighted by Gasteiger charge is 2.43. The van der Waals surface area contributed by atoms with Crippen LogP contribution in [0.15, 0.2) is 133 Å². The fourth-order valence-corrected chi connectivity index (χ4v) is 14.1. The molecule has 5 heteroatoms. The molecule has 0 amide bonds. The Labute approximate surface area is 408 Å². The van der Waals surface area contributed by atoms with Crippen molar-refractivity contribution in [2.75, 3.05) is 5.32 Å². The van der Waals surface area contributed by atoms with Crippen LogP contribution in [-0.2, 0) is 21.7 Å².